The van der Waals surface area contributed by atoms with Crippen molar-refractivity contribution in [2.24, 2.45) is 21.5 Å². The third-order valence-corrected chi connectivity index (χ3v) is 6.67. The lowest BCUT2D eigenvalue weighted by Crippen LogP contribution is -2.54. The summed E-state index contributed by atoms with van der Waals surface area (Å²) in [4.78, 5) is 13.8. The predicted octanol–water partition coefficient (Wildman–Crippen LogP) is 3.81. The molecule has 2 rings (SSSR count). The standard InChI is InChI=1S/C14H17Br2Cl2N5O/c1-14(2)22-12(19)21-13(20)23(14)24-6-8(15)11(16)7-3-4-9(17)10(18)5-7/h3-5,8,11H,6H2,1-2H3,(H4,19,20,21,22). The molecular weight excluding hydrogens is 485 g/mol. The van der Waals surface area contributed by atoms with Crippen LogP contribution in [0.15, 0.2) is 28.2 Å². The summed E-state index contributed by atoms with van der Waals surface area (Å²) in [7, 11) is 0. The lowest BCUT2D eigenvalue weighted by molar-refractivity contribution is -0.155. The smallest absolute Gasteiger partial charge is 0.226 e. The number of aliphatic imine (C=N–C) groups is 2. The van der Waals surface area contributed by atoms with Crippen LogP contribution in [0.5, 0.6) is 0 Å². The molecule has 0 fully saturated rings. The Balaban J connectivity index is 2.03. The second-order valence-corrected chi connectivity index (χ2v) is 8.59. The Kier molecular flexibility index (Phi) is 6.41. The predicted molar refractivity (Wildman–Crippen MR) is 106 cm³/mol. The third kappa shape index (κ3) is 4.54. The summed E-state index contributed by atoms with van der Waals surface area (Å²) in [5.41, 5.74) is 11.7. The van der Waals surface area contributed by atoms with Crippen molar-refractivity contribution >= 4 is 67.0 Å². The lowest BCUT2D eigenvalue weighted by atomic mass is 10.1. The summed E-state index contributed by atoms with van der Waals surface area (Å²) in [6.07, 6.45) is 0. The van der Waals surface area contributed by atoms with Gasteiger partial charge in [-0.3, -0.25) is 4.84 Å². The van der Waals surface area contributed by atoms with Crippen molar-refractivity contribution in [1.29, 1.82) is 0 Å². The van der Waals surface area contributed by atoms with Gasteiger partial charge in [0.15, 0.2) is 5.66 Å². The molecule has 1 aromatic rings. The summed E-state index contributed by atoms with van der Waals surface area (Å²) in [5, 5.41) is 2.45. The number of guanidine groups is 2. The second kappa shape index (κ2) is 7.78. The SMILES string of the molecule is CC1(C)N=C(N)N=C(N)N1OCC(Br)C(Br)c1ccc(Cl)c(Cl)c1. The van der Waals surface area contributed by atoms with E-state index in [1.54, 1.807) is 6.07 Å². The normalized spacial score (nSPS) is 19.5. The summed E-state index contributed by atoms with van der Waals surface area (Å²) in [6.45, 7) is 3.97. The highest BCUT2D eigenvalue weighted by Gasteiger charge is 2.34. The minimum absolute atomic E-state index is 0.0492. The summed E-state index contributed by atoms with van der Waals surface area (Å²) < 4.78 is 0. The molecular formula is C14H17Br2Cl2N5O. The van der Waals surface area contributed by atoms with E-state index in [0.29, 0.717) is 16.7 Å². The van der Waals surface area contributed by atoms with Crippen LogP contribution in [0.2, 0.25) is 10.0 Å². The van der Waals surface area contributed by atoms with Gasteiger partial charge in [0.25, 0.3) is 0 Å². The van der Waals surface area contributed by atoms with Crippen LogP contribution in [-0.4, -0.2) is 34.1 Å². The number of nitrogens with zero attached hydrogens (tertiary/aromatic N) is 3. The van der Waals surface area contributed by atoms with Gasteiger partial charge in [-0.2, -0.15) is 10.1 Å². The molecule has 1 aliphatic rings. The highest BCUT2D eigenvalue weighted by molar-refractivity contribution is 9.12. The van der Waals surface area contributed by atoms with E-state index in [1.165, 1.54) is 5.06 Å². The van der Waals surface area contributed by atoms with E-state index in [4.69, 9.17) is 39.5 Å². The molecule has 0 bridgehead atoms. The Labute approximate surface area is 167 Å². The minimum Gasteiger partial charge on any atom is -0.368 e. The number of nitrogens with two attached hydrogens (primary N) is 2. The topological polar surface area (TPSA) is 89.2 Å². The molecule has 6 nitrogen and oxygen atoms in total. The first kappa shape index (κ1) is 19.8. The van der Waals surface area contributed by atoms with E-state index in [2.05, 4.69) is 41.8 Å². The van der Waals surface area contributed by atoms with Crippen molar-refractivity contribution in [2.75, 3.05) is 6.61 Å². The van der Waals surface area contributed by atoms with E-state index in [1.807, 2.05) is 26.0 Å². The number of alkyl halides is 2. The Morgan fingerprint density at radius 1 is 1.25 bits per heavy atom. The van der Waals surface area contributed by atoms with Crippen LogP contribution in [0, 0.1) is 0 Å². The van der Waals surface area contributed by atoms with Gasteiger partial charge in [-0.25, -0.2) is 4.99 Å². The van der Waals surface area contributed by atoms with Gasteiger partial charge < -0.3 is 11.5 Å². The van der Waals surface area contributed by atoms with Gasteiger partial charge in [-0.1, -0.05) is 61.1 Å². The highest BCUT2D eigenvalue weighted by Crippen LogP contribution is 2.35. The maximum absolute atomic E-state index is 6.07. The van der Waals surface area contributed by atoms with E-state index >= 15 is 0 Å². The van der Waals surface area contributed by atoms with E-state index in [0.717, 1.165) is 5.56 Å². The van der Waals surface area contributed by atoms with Crippen LogP contribution < -0.4 is 11.5 Å². The number of hydrogen-bond donors (Lipinski definition) is 2. The maximum Gasteiger partial charge on any atom is 0.226 e. The monoisotopic (exact) mass is 499 g/mol. The largest absolute Gasteiger partial charge is 0.368 e. The fraction of sp³-hybridized carbons (Fsp3) is 0.429. The Morgan fingerprint density at radius 3 is 2.50 bits per heavy atom. The fourth-order valence-electron chi connectivity index (χ4n) is 2.14. The molecule has 2 atom stereocenters. The zero-order chi connectivity index (χ0) is 18.1. The van der Waals surface area contributed by atoms with E-state index < -0.39 is 5.66 Å². The lowest BCUT2D eigenvalue weighted by Gasteiger charge is -2.37. The van der Waals surface area contributed by atoms with Gasteiger partial charge in [0.1, 0.15) is 0 Å². The number of halogens is 4. The molecule has 0 saturated carbocycles. The Bertz CT molecular complexity index is 683. The molecule has 4 N–H and O–H groups in total. The molecule has 0 radical (unpaired) electrons. The fourth-order valence-corrected chi connectivity index (χ4v) is 3.31. The molecule has 1 heterocycles. The molecule has 0 aliphatic carbocycles. The average molecular weight is 502 g/mol. The molecule has 2 unspecified atom stereocenters. The van der Waals surface area contributed by atoms with Crippen molar-refractivity contribution in [1.82, 2.24) is 5.06 Å². The summed E-state index contributed by atoms with van der Waals surface area (Å²) in [6, 6.07) is 5.46. The van der Waals surface area contributed by atoms with Crippen LogP contribution in [0.1, 0.15) is 24.2 Å². The van der Waals surface area contributed by atoms with Gasteiger partial charge in [0, 0.05) is 0 Å². The second-order valence-electron chi connectivity index (χ2n) is 5.62. The van der Waals surface area contributed by atoms with Crippen molar-refractivity contribution in [3.8, 4) is 0 Å². The van der Waals surface area contributed by atoms with Crippen molar-refractivity contribution in [2.45, 2.75) is 29.2 Å². The molecule has 0 amide bonds. The molecule has 24 heavy (non-hydrogen) atoms. The van der Waals surface area contributed by atoms with Crippen LogP contribution in [0.25, 0.3) is 0 Å². The van der Waals surface area contributed by atoms with Crippen molar-refractivity contribution in [3.05, 3.63) is 33.8 Å². The highest BCUT2D eigenvalue weighted by atomic mass is 79.9. The molecule has 0 saturated heterocycles. The number of rotatable bonds is 5. The zero-order valence-electron chi connectivity index (χ0n) is 13.0. The van der Waals surface area contributed by atoms with Gasteiger partial charge in [0.2, 0.25) is 11.9 Å². The Hall–Kier alpha value is -0.540. The van der Waals surface area contributed by atoms with E-state index in [9.17, 15) is 0 Å². The van der Waals surface area contributed by atoms with Gasteiger partial charge in [0.05, 0.1) is 26.3 Å². The van der Waals surface area contributed by atoms with E-state index in [-0.39, 0.29) is 21.6 Å². The quantitative estimate of drug-likeness (QED) is 0.600. The first-order chi connectivity index (χ1) is 11.1. The van der Waals surface area contributed by atoms with Gasteiger partial charge in [-0.05, 0) is 31.5 Å². The molecule has 10 heteroatoms. The molecule has 0 aromatic heterocycles. The Morgan fingerprint density at radius 2 is 1.92 bits per heavy atom. The third-order valence-electron chi connectivity index (χ3n) is 3.26. The van der Waals surface area contributed by atoms with Gasteiger partial charge >= 0.3 is 0 Å². The van der Waals surface area contributed by atoms with Gasteiger partial charge in [-0.15, -0.1) is 0 Å². The van der Waals surface area contributed by atoms with Crippen LogP contribution in [0.3, 0.4) is 0 Å². The summed E-state index contributed by atoms with van der Waals surface area (Å²) in [5.74, 6) is 0.287. The maximum atomic E-state index is 6.07. The first-order valence-electron chi connectivity index (χ1n) is 6.97. The molecule has 1 aromatic carbocycles. The minimum atomic E-state index is -0.742. The first-order valence-corrected chi connectivity index (χ1v) is 9.56. The van der Waals surface area contributed by atoms with Crippen molar-refractivity contribution in [3.63, 3.8) is 0 Å². The number of hydrogen-bond acceptors (Lipinski definition) is 6. The van der Waals surface area contributed by atoms with Crippen LogP contribution in [-0.2, 0) is 4.84 Å². The van der Waals surface area contributed by atoms with Crippen LogP contribution >= 0.6 is 55.1 Å². The number of hydroxylamine groups is 2. The van der Waals surface area contributed by atoms with Crippen molar-refractivity contribution < 1.29 is 4.84 Å². The van der Waals surface area contributed by atoms with Crippen LogP contribution in [0.4, 0.5) is 0 Å². The summed E-state index contributed by atoms with van der Waals surface area (Å²) >= 11 is 19.2. The molecule has 0 spiro atoms. The average Bonchev–Trinajstić information content (AvgIpc) is 2.47. The molecule has 132 valence electrons. The molecule has 1 aliphatic heterocycles. The number of benzene rings is 1. The zero-order valence-corrected chi connectivity index (χ0v) is 17.7.